The van der Waals surface area contributed by atoms with Gasteiger partial charge in [-0.25, -0.2) is 4.79 Å². The number of ether oxygens (including phenoxy) is 3. The second-order valence-corrected chi connectivity index (χ2v) is 6.83. The fraction of sp³-hybridized carbons (Fsp3) is 0.286. The van der Waals surface area contributed by atoms with Gasteiger partial charge in [0.1, 0.15) is 18.1 Å². The number of carbonyl (C=O) groups is 3. The lowest BCUT2D eigenvalue weighted by atomic mass is 9.97. The molecule has 2 aromatic rings. The van der Waals surface area contributed by atoms with Crippen LogP contribution >= 0.6 is 0 Å². The van der Waals surface area contributed by atoms with Crippen molar-refractivity contribution >= 4 is 18.2 Å². The quantitative estimate of drug-likeness (QED) is 0.339. The van der Waals surface area contributed by atoms with Crippen LogP contribution in [0.1, 0.15) is 40.1 Å². The van der Waals surface area contributed by atoms with Gasteiger partial charge in [0, 0.05) is 5.56 Å². The van der Waals surface area contributed by atoms with E-state index in [1.807, 2.05) is 0 Å². The van der Waals surface area contributed by atoms with Gasteiger partial charge in [-0.05, 0) is 24.3 Å². The third-order valence-corrected chi connectivity index (χ3v) is 4.37. The molecule has 28 heavy (non-hydrogen) atoms. The van der Waals surface area contributed by atoms with Gasteiger partial charge in [-0.15, -0.1) is 0 Å². The minimum Gasteiger partial charge on any atom is -0.507 e. The number of epoxide rings is 1. The maximum absolute atomic E-state index is 12.2. The van der Waals surface area contributed by atoms with Gasteiger partial charge in [-0.3, -0.25) is 9.59 Å². The standard InChI is InChI=1S/C21H20O7/c1-13(2)19(24)28-18-8-15(10-22)17(23)9-16(18)21(12-27-21)11-26-20(25)14-6-4-3-5-7-14/h3-10,13,23H,11-12H2,1-2H3/t21-/m1/s1. The van der Waals surface area contributed by atoms with Crippen LogP contribution < -0.4 is 4.74 Å². The monoisotopic (exact) mass is 384 g/mol. The Morgan fingerprint density at radius 1 is 1.25 bits per heavy atom. The van der Waals surface area contributed by atoms with Gasteiger partial charge < -0.3 is 19.3 Å². The summed E-state index contributed by atoms with van der Waals surface area (Å²) >= 11 is 0. The molecule has 7 heteroatoms. The molecule has 1 atom stereocenters. The molecule has 0 unspecified atom stereocenters. The SMILES string of the molecule is CC(C)C(=O)Oc1cc(C=O)c(O)cc1[C@@]1(COC(=O)c2ccccc2)CO1. The van der Waals surface area contributed by atoms with Crippen molar-refractivity contribution in [3.63, 3.8) is 0 Å². The summed E-state index contributed by atoms with van der Waals surface area (Å²) in [7, 11) is 0. The van der Waals surface area contributed by atoms with E-state index in [1.165, 1.54) is 12.1 Å². The molecule has 1 fully saturated rings. The lowest BCUT2D eigenvalue weighted by Crippen LogP contribution is -2.23. The molecule has 0 aliphatic carbocycles. The number of esters is 2. The van der Waals surface area contributed by atoms with Crippen LogP contribution in [0.2, 0.25) is 0 Å². The second kappa shape index (κ2) is 7.82. The summed E-state index contributed by atoms with van der Waals surface area (Å²) in [5, 5.41) is 10.1. The van der Waals surface area contributed by atoms with Crippen LogP contribution in [0.15, 0.2) is 42.5 Å². The lowest BCUT2D eigenvalue weighted by Gasteiger charge is -2.18. The number of aromatic hydroxyl groups is 1. The van der Waals surface area contributed by atoms with E-state index in [-0.39, 0.29) is 30.3 Å². The lowest BCUT2D eigenvalue weighted by molar-refractivity contribution is -0.137. The van der Waals surface area contributed by atoms with Gasteiger partial charge in [0.2, 0.25) is 0 Å². The van der Waals surface area contributed by atoms with Crippen LogP contribution in [0.3, 0.4) is 0 Å². The number of phenols is 1. The molecule has 1 aliphatic heterocycles. The highest BCUT2D eigenvalue weighted by atomic mass is 16.6. The molecule has 7 nitrogen and oxygen atoms in total. The molecular formula is C21H20O7. The summed E-state index contributed by atoms with van der Waals surface area (Å²) in [6, 6.07) is 11.1. The number of hydrogen-bond donors (Lipinski definition) is 1. The Kier molecular flexibility index (Phi) is 5.46. The molecule has 0 aromatic heterocycles. The molecular weight excluding hydrogens is 364 g/mol. The van der Waals surface area contributed by atoms with E-state index in [4.69, 9.17) is 14.2 Å². The molecule has 1 N–H and O–H groups in total. The van der Waals surface area contributed by atoms with Gasteiger partial charge in [0.15, 0.2) is 11.9 Å². The number of aldehydes is 1. The predicted molar refractivity (Wildman–Crippen MR) is 98.3 cm³/mol. The van der Waals surface area contributed by atoms with Gasteiger partial charge in [0.05, 0.1) is 23.7 Å². The number of rotatable bonds is 7. The highest BCUT2D eigenvalue weighted by Crippen LogP contribution is 2.46. The summed E-state index contributed by atoms with van der Waals surface area (Å²) in [5.41, 5.74) is -0.336. The van der Waals surface area contributed by atoms with Crippen LogP contribution in [-0.4, -0.2) is 36.5 Å². The number of benzene rings is 2. The van der Waals surface area contributed by atoms with Crippen molar-refractivity contribution in [2.24, 2.45) is 5.92 Å². The minimum absolute atomic E-state index is 0.0209. The number of carbonyl (C=O) groups excluding carboxylic acids is 3. The van der Waals surface area contributed by atoms with Crippen molar-refractivity contribution in [1.29, 1.82) is 0 Å². The third kappa shape index (κ3) is 4.04. The summed E-state index contributed by atoms with van der Waals surface area (Å²) in [6.45, 7) is 3.43. The van der Waals surface area contributed by atoms with Crippen molar-refractivity contribution < 1.29 is 33.7 Å². The number of phenolic OH excluding ortho intramolecular Hbond substituents is 1. The maximum atomic E-state index is 12.2. The highest BCUT2D eigenvalue weighted by molar-refractivity contribution is 5.89. The van der Waals surface area contributed by atoms with Crippen molar-refractivity contribution in [2.45, 2.75) is 19.4 Å². The first kappa shape index (κ1) is 19.6. The Labute approximate surface area is 161 Å². The van der Waals surface area contributed by atoms with E-state index in [2.05, 4.69) is 0 Å². The van der Waals surface area contributed by atoms with E-state index < -0.39 is 23.5 Å². The van der Waals surface area contributed by atoms with Crippen LogP contribution in [0.25, 0.3) is 0 Å². The van der Waals surface area contributed by atoms with E-state index in [0.29, 0.717) is 17.4 Å². The Balaban J connectivity index is 1.86. The van der Waals surface area contributed by atoms with E-state index in [9.17, 15) is 19.5 Å². The summed E-state index contributed by atoms with van der Waals surface area (Å²) in [6.07, 6.45) is 0.460. The Bertz CT molecular complexity index is 898. The Morgan fingerprint density at radius 2 is 1.93 bits per heavy atom. The topological polar surface area (TPSA) is 102 Å². The zero-order valence-electron chi connectivity index (χ0n) is 15.5. The normalized spacial score (nSPS) is 17.8. The molecule has 0 spiro atoms. The molecule has 0 radical (unpaired) electrons. The minimum atomic E-state index is -1.05. The predicted octanol–water partition coefficient (Wildman–Crippen LogP) is 2.85. The van der Waals surface area contributed by atoms with Gasteiger partial charge in [0.25, 0.3) is 0 Å². The zero-order chi connectivity index (χ0) is 20.3. The zero-order valence-corrected chi connectivity index (χ0v) is 15.5. The first-order valence-corrected chi connectivity index (χ1v) is 8.77. The Morgan fingerprint density at radius 3 is 2.50 bits per heavy atom. The van der Waals surface area contributed by atoms with Crippen LogP contribution in [-0.2, 0) is 19.9 Å². The van der Waals surface area contributed by atoms with E-state index in [0.717, 1.165) is 0 Å². The fourth-order valence-electron chi connectivity index (χ4n) is 2.59. The molecule has 2 aromatic carbocycles. The second-order valence-electron chi connectivity index (χ2n) is 6.83. The fourth-order valence-corrected chi connectivity index (χ4v) is 2.59. The van der Waals surface area contributed by atoms with Crippen molar-refractivity contribution in [3.8, 4) is 11.5 Å². The molecule has 0 bridgehead atoms. The molecule has 3 rings (SSSR count). The largest absolute Gasteiger partial charge is 0.507 e. The average Bonchev–Trinajstić information content (AvgIpc) is 3.48. The molecule has 1 saturated heterocycles. The number of hydrogen-bond acceptors (Lipinski definition) is 7. The van der Waals surface area contributed by atoms with Gasteiger partial charge in [-0.1, -0.05) is 32.0 Å². The van der Waals surface area contributed by atoms with E-state index >= 15 is 0 Å². The summed E-state index contributed by atoms with van der Waals surface area (Å²) in [5.74, 6) is -1.61. The third-order valence-electron chi connectivity index (χ3n) is 4.37. The highest BCUT2D eigenvalue weighted by Gasteiger charge is 2.50. The first-order chi connectivity index (χ1) is 13.4. The molecule has 1 aliphatic rings. The van der Waals surface area contributed by atoms with Gasteiger partial charge >= 0.3 is 11.9 Å². The van der Waals surface area contributed by atoms with E-state index in [1.54, 1.807) is 44.2 Å². The smallest absolute Gasteiger partial charge is 0.338 e. The van der Waals surface area contributed by atoms with Crippen molar-refractivity contribution in [1.82, 2.24) is 0 Å². The first-order valence-electron chi connectivity index (χ1n) is 8.77. The molecule has 1 heterocycles. The van der Waals surface area contributed by atoms with Crippen LogP contribution in [0.5, 0.6) is 11.5 Å². The van der Waals surface area contributed by atoms with Crippen molar-refractivity contribution in [2.75, 3.05) is 13.2 Å². The summed E-state index contributed by atoms with van der Waals surface area (Å²) < 4.78 is 16.3. The maximum Gasteiger partial charge on any atom is 0.338 e. The average molecular weight is 384 g/mol. The molecule has 0 amide bonds. The van der Waals surface area contributed by atoms with Gasteiger partial charge in [-0.2, -0.15) is 0 Å². The Hall–Kier alpha value is -3.19. The molecule has 146 valence electrons. The van der Waals surface area contributed by atoms with Crippen LogP contribution in [0, 0.1) is 5.92 Å². The van der Waals surface area contributed by atoms with Crippen molar-refractivity contribution in [3.05, 3.63) is 59.2 Å². The molecule has 0 saturated carbocycles. The van der Waals surface area contributed by atoms with Crippen LogP contribution in [0.4, 0.5) is 0 Å². The summed E-state index contributed by atoms with van der Waals surface area (Å²) in [4.78, 5) is 35.4.